The molecule has 1 aliphatic carbocycles. The van der Waals surface area contributed by atoms with Crippen LogP contribution in [0.1, 0.15) is 54.2 Å². The van der Waals surface area contributed by atoms with E-state index < -0.39 is 33.3 Å². The first-order valence-electron chi connectivity index (χ1n) is 15.2. The van der Waals surface area contributed by atoms with E-state index in [0.29, 0.717) is 47.3 Å². The summed E-state index contributed by atoms with van der Waals surface area (Å²) in [5, 5.41) is 6.79. The number of aryl methyl sites for hydroxylation is 1. The van der Waals surface area contributed by atoms with Gasteiger partial charge in [-0.2, -0.15) is 0 Å². The largest absolute Gasteiger partial charge is 0.446 e. The number of hydrogen-bond donors (Lipinski definition) is 3. The van der Waals surface area contributed by atoms with E-state index in [9.17, 15) is 22.8 Å². The minimum absolute atomic E-state index is 0.0380. The maximum absolute atomic E-state index is 14.3. The molecule has 2 amide bonds. The number of aromatic amines is 1. The maximum atomic E-state index is 14.3. The number of hydrogen-bond acceptors (Lipinski definition) is 8. The Morgan fingerprint density at radius 3 is 2.57 bits per heavy atom. The van der Waals surface area contributed by atoms with Gasteiger partial charge in [-0.25, -0.2) is 13.2 Å². The van der Waals surface area contributed by atoms with Crippen LogP contribution in [0.25, 0.3) is 10.8 Å². The Bertz CT molecular complexity index is 1990. The molecule has 1 aromatic heterocycles. The molecule has 1 fully saturated rings. The summed E-state index contributed by atoms with van der Waals surface area (Å²) in [5.74, 6) is -0.324. The van der Waals surface area contributed by atoms with E-state index in [-0.39, 0.29) is 29.5 Å². The number of nitrogens with zero attached hydrogens (tertiary/aromatic N) is 1. The third-order valence-corrected chi connectivity index (χ3v) is 10.8. The Kier molecular flexibility index (Phi) is 8.58. The molecule has 46 heavy (non-hydrogen) atoms. The molecule has 0 radical (unpaired) electrons. The Balaban J connectivity index is 1.45. The van der Waals surface area contributed by atoms with Crippen molar-refractivity contribution in [1.29, 1.82) is 0 Å². The second-order valence-electron chi connectivity index (χ2n) is 11.7. The topological polar surface area (TPSA) is 147 Å². The number of pyridine rings is 1. The highest BCUT2D eigenvalue weighted by atomic mass is 32.2. The number of ether oxygens (including phenoxy) is 2. The van der Waals surface area contributed by atoms with Crippen molar-refractivity contribution in [2.75, 3.05) is 30.9 Å². The lowest BCUT2D eigenvalue weighted by Crippen LogP contribution is -2.35. The van der Waals surface area contributed by atoms with E-state index in [4.69, 9.17) is 9.47 Å². The van der Waals surface area contributed by atoms with E-state index in [1.165, 1.54) is 17.0 Å². The zero-order chi connectivity index (χ0) is 32.6. The summed E-state index contributed by atoms with van der Waals surface area (Å²) in [6.07, 6.45) is 1.48. The van der Waals surface area contributed by atoms with Crippen molar-refractivity contribution >= 4 is 44.0 Å². The number of carbonyl (C=O) groups is 2. The summed E-state index contributed by atoms with van der Waals surface area (Å²) >= 11 is 0. The van der Waals surface area contributed by atoms with E-state index in [0.717, 1.165) is 16.5 Å². The van der Waals surface area contributed by atoms with Crippen molar-refractivity contribution in [3.05, 3.63) is 99.5 Å². The minimum atomic E-state index is -3.63. The van der Waals surface area contributed by atoms with Crippen LogP contribution in [0, 0.1) is 6.92 Å². The van der Waals surface area contributed by atoms with Crippen molar-refractivity contribution in [2.45, 2.75) is 55.5 Å². The summed E-state index contributed by atoms with van der Waals surface area (Å²) in [4.78, 5) is 44.0. The molecule has 11 nitrogen and oxygen atoms in total. The summed E-state index contributed by atoms with van der Waals surface area (Å²) in [6.45, 7) is 4.03. The molecule has 3 N–H and O–H groups in total. The van der Waals surface area contributed by atoms with Gasteiger partial charge in [0.1, 0.15) is 18.8 Å². The number of benzene rings is 3. The predicted molar refractivity (Wildman–Crippen MR) is 175 cm³/mol. The first-order chi connectivity index (χ1) is 22.0. The maximum Gasteiger partial charge on any atom is 0.411 e. The minimum Gasteiger partial charge on any atom is -0.446 e. The molecule has 12 heteroatoms. The predicted octanol–water partition coefficient (Wildman–Crippen LogP) is 5.22. The zero-order valence-corrected chi connectivity index (χ0v) is 26.6. The highest BCUT2D eigenvalue weighted by Crippen LogP contribution is 2.37. The van der Waals surface area contributed by atoms with Gasteiger partial charge in [0.2, 0.25) is 5.91 Å². The molecule has 2 atom stereocenters. The number of carbonyl (C=O) groups excluding carboxylic acids is 2. The summed E-state index contributed by atoms with van der Waals surface area (Å²) in [5.41, 5.74) is 3.32. The van der Waals surface area contributed by atoms with Gasteiger partial charge in [0.05, 0.1) is 10.1 Å². The number of fused-ring (bicyclic) bond motifs is 10. The molecular formula is C34H36N4O7S. The highest BCUT2D eigenvalue weighted by Gasteiger charge is 2.38. The second kappa shape index (κ2) is 12.6. The van der Waals surface area contributed by atoms with Gasteiger partial charge in [-0.05, 0) is 90.7 Å². The molecule has 3 heterocycles. The fraction of sp³-hybridized carbons (Fsp3) is 0.324. The smallest absolute Gasteiger partial charge is 0.411 e. The average Bonchev–Trinajstić information content (AvgIpc) is 3.88. The number of anilines is 2. The third-order valence-electron chi connectivity index (χ3n) is 8.40. The standard InChI is InChI=1S/C34H36N4O7S/c1-4-44-29-19-45-34(41)37-24-8-12-30(46(42,43)26-9-10-26)23(16-24)18-38(3)33(40)31(22-6-11-27(29)20(2)15-22)36-25-7-5-21-13-14-35-32(39)28(21)17-25/h5-8,11-17,26,29,31,36H,4,9-10,18-19H2,1-3H3,(H,35,39)(H,37,41)/t29-,31+/m0/s1. The number of amides is 2. The van der Waals surface area contributed by atoms with E-state index >= 15 is 0 Å². The molecular weight excluding hydrogens is 608 g/mol. The van der Waals surface area contributed by atoms with Gasteiger partial charge >= 0.3 is 6.09 Å². The molecule has 4 aromatic rings. The van der Waals surface area contributed by atoms with Crippen LogP contribution in [0.3, 0.4) is 0 Å². The number of H-pyrrole nitrogens is 1. The third kappa shape index (κ3) is 6.35. The van der Waals surface area contributed by atoms with Crippen molar-refractivity contribution in [2.24, 2.45) is 0 Å². The van der Waals surface area contributed by atoms with Crippen molar-refractivity contribution in [3.63, 3.8) is 0 Å². The molecule has 7 rings (SSSR count). The Hall–Kier alpha value is -4.68. The second-order valence-corrected chi connectivity index (χ2v) is 13.9. The summed E-state index contributed by atoms with van der Waals surface area (Å²) < 4.78 is 38.3. The molecule has 240 valence electrons. The van der Waals surface area contributed by atoms with Gasteiger partial charge in [0.25, 0.3) is 5.56 Å². The number of nitrogens with one attached hydrogen (secondary N) is 3. The SMILES string of the molecule is CCO[C@H]1COC(=O)Nc2ccc(S(=O)(=O)C3CC3)c(c2)CN(C)C(=O)[C@H](Nc2ccc3cc[nH]c(=O)c3c2)c2ccc1c(C)c2. The van der Waals surface area contributed by atoms with Crippen molar-refractivity contribution in [3.8, 4) is 0 Å². The van der Waals surface area contributed by atoms with Crippen LogP contribution in [-0.2, 0) is 30.7 Å². The number of rotatable bonds is 6. The van der Waals surface area contributed by atoms with Crippen LogP contribution < -0.4 is 16.2 Å². The van der Waals surface area contributed by atoms with Gasteiger partial charge in [-0.3, -0.25) is 14.9 Å². The number of likely N-dealkylation sites (N-methyl/N-ethyl adjacent to an activating group) is 1. The Labute approximate surface area is 266 Å². The summed E-state index contributed by atoms with van der Waals surface area (Å²) in [6, 6.07) is 16.4. The molecule has 1 saturated carbocycles. The molecule has 0 spiro atoms. The lowest BCUT2D eigenvalue weighted by atomic mass is 9.96. The van der Waals surface area contributed by atoms with Crippen LogP contribution in [0.15, 0.2) is 76.6 Å². The van der Waals surface area contributed by atoms with Gasteiger partial charge in [0.15, 0.2) is 9.84 Å². The van der Waals surface area contributed by atoms with Gasteiger partial charge in [-0.15, -0.1) is 0 Å². The van der Waals surface area contributed by atoms with Crippen LogP contribution in [0.5, 0.6) is 0 Å². The molecule has 3 aliphatic rings. The summed E-state index contributed by atoms with van der Waals surface area (Å²) in [7, 11) is -2.02. The average molecular weight is 645 g/mol. The Morgan fingerprint density at radius 1 is 1.02 bits per heavy atom. The van der Waals surface area contributed by atoms with Crippen molar-refractivity contribution < 1.29 is 27.5 Å². The quantitative estimate of drug-likeness (QED) is 0.259. The fourth-order valence-electron chi connectivity index (χ4n) is 5.87. The van der Waals surface area contributed by atoms with Crippen LogP contribution in [-0.4, -0.2) is 55.8 Å². The van der Waals surface area contributed by atoms with E-state index in [1.54, 1.807) is 31.4 Å². The Morgan fingerprint density at radius 2 is 1.83 bits per heavy atom. The van der Waals surface area contributed by atoms with Crippen LogP contribution >= 0.6 is 0 Å². The number of sulfone groups is 1. The number of aromatic nitrogens is 1. The molecule has 2 aliphatic heterocycles. The van der Waals surface area contributed by atoms with Crippen LogP contribution in [0.2, 0.25) is 0 Å². The first-order valence-corrected chi connectivity index (χ1v) is 16.8. The van der Waals surface area contributed by atoms with Gasteiger partial charge in [-0.1, -0.05) is 24.3 Å². The molecule has 0 unspecified atom stereocenters. The fourth-order valence-corrected chi connectivity index (χ4v) is 7.73. The van der Waals surface area contributed by atoms with Gasteiger partial charge in [0, 0.05) is 43.2 Å². The first kappa shape index (κ1) is 31.3. The monoisotopic (exact) mass is 644 g/mol. The molecule has 3 aromatic carbocycles. The molecule has 4 bridgehead atoms. The van der Waals surface area contributed by atoms with E-state index in [2.05, 4.69) is 15.6 Å². The van der Waals surface area contributed by atoms with Crippen molar-refractivity contribution in [1.82, 2.24) is 9.88 Å². The lowest BCUT2D eigenvalue weighted by Gasteiger charge is -2.28. The lowest BCUT2D eigenvalue weighted by molar-refractivity contribution is -0.131. The van der Waals surface area contributed by atoms with Crippen LogP contribution in [0.4, 0.5) is 16.2 Å². The zero-order valence-electron chi connectivity index (χ0n) is 25.8. The van der Waals surface area contributed by atoms with Gasteiger partial charge < -0.3 is 24.7 Å². The molecule has 0 saturated heterocycles. The van der Waals surface area contributed by atoms with E-state index in [1.807, 2.05) is 44.2 Å². The normalized spacial score (nSPS) is 19.2. The highest BCUT2D eigenvalue weighted by molar-refractivity contribution is 7.92.